The second-order valence-electron chi connectivity index (χ2n) is 4.13. The predicted molar refractivity (Wildman–Crippen MR) is 67.0 cm³/mol. The summed E-state index contributed by atoms with van der Waals surface area (Å²) < 4.78 is 7.43. The fourth-order valence-corrected chi connectivity index (χ4v) is 2.30. The highest BCUT2D eigenvalue weighted by molar-refractivity contribution is 6.28. The molecule has 96 valence electrons. The van der Waals surface area contributed by atoms with Crippen molar-refractivity contribution in [3.8, 4) is 0 Å². The molecule has 0 radical (unpaired) electrons. The average molecular weight is 269 g/mol. The molecule has 1 unspecified atom stereocenters. The molecule has 18 heavy (non-hydrogen) atoms. The van der Waals surface area contributed by atoms with Crippen molar-refractivity contribution in [2.45, 2.75) is 25.5 Å². The third-order valence-electron chi connectivity index (χ3n) is 2.99. The van der Waals surface area contributed by atoms with Crippen molar-refractivity contribution >= 4 is 28.5 Å². The number of aromatic nitrogens is 4. The average Bonchev–Trinajstić information content (AvgIpc) is 2.82. The van der Waals surface area contributed by atoms with Crippen LogP contribution in [0.4, 0.5) is 5.82 Å². The molecule has 0 bridgehead atoms. The molecule has 1 fully saturated rings. The number of fused-ring (bicyclic) bond motifs is 1. The van der Waals surface area contributed by atoms with Crippen molar-refractivity contribution in [3.63, 3.8) is 0 Å². The lowest BCUT2D eigenvalue weighted by Gasteiger charge is -2.23. The molecule has 7 nitrogen and oxygen atoms in total. The minimum atomic E-state index is -0.0900. The van der Waals surface area contributed by atoms with Crippen molar-refractivity contribution in [2.75, 3.05) is 12.0 Å². The van der Waals surface area contributed by atoms with Crippen LogP contribution in [0.25, 0.3) is 11.0 Å². The van der Waals surface area contributed by atoms with Gasteiger partial charge in [-0.15, -0.1) is 0 Å². The van der Waals surface area contributed by atoms with Crippen molar-refractivity contribution < 1.29 is 4.74 Å². The van der Waals surface area contributed by atoms with E-state index in [9.17, 15) is 0 Å². The van der Waals surface area contributed by atoms with Gasteiger partial charge in [0.15, 0.2) is 17.7 Å². The lowest BCUT2D eigenvalue weighted by atomic mass is 10.2. The highest BCUT2D eigenvalue weighted by Crippen LogP contribution is 2.28. The topological polar surface area (TPSA) is 90.9 Å². The molecule has 8 heteroatoms. The Hall–Kier alpha value is -1.44. The van der Waals surface area contributed by atoms with Gasteiger partial charge in [0, 0.05) is 6.61 Å². The molecule has 1 aliphatic rings. The van der Waals surface area contributed by atoms with Crippen molar-refractivity contribution in [2.24, 2.45) is 5.84 Å². The first-order chi connectivity index (χ1) is 8.79. The van der Waals surface area contributed by atoms with Crippen LogP contribution in [0.15, 0.2) is 6.20 Å². The molecular formula is C10H13ClN6O. The van der Waals surface area contributed by atoms with E-state index in [1.807, 2.05) is 0 Å². The minimum Gasteiger partial charge on any atom is -0.356 e. The summed E-state index contributed by atoms with van der Waals surface area (Å²) in [4.78, 5) is 8.20. The van der Waals surface area contributed by atoms with Gasteiger partial charge in [0.2, 0.25) is 5.28 Å². The van der Waals surface area contributed by atoms with Gasteiger partial charge in [-0.1, -0.05) is 0 Å². The molecule has 3 heterocycles. The molecule has 1 aliphatic heterocycles. The highest BCUT2D eigenvalue weighted by Gasteiger charge is 2.21. The van der Waals surface area contributed by atoms with Crippen molar-refractivity contribution in [1.82, 2.24) is 19.7 Å². The lowest BCUT2D eigenvalue weighted by molar-refractivity contribution is -0.0370. The van der Waals surface area contributed by atoms with Gasteiger partial charge >= 0.3 is 0 Å². The molecule has 0 aromatic carbocycles. The molecule has 2 aromatic rings. The Kier molecular flexibility index (Phi) is 3.02. The number of halogens is 1. The van der Waals surface area contributed by atoms with E-state index in [1.165, 1.54) is 0 Å². The third-order valence-corrected chi connectivity index (χ3v) is 3.16. The number of hydrogen-bond donors (Lipinski definition) is 2. The Morgan fingerprint density at radius 2 is 2.33 bits per heavy atom. The third kappa shape index (κ3) is 1.90. The van der Waals surface area contributed by atoms with Gasteiger partial charge < -0.3 is 10.2 Å². The number of nitrogens with one attached hydrogen (secondary N) is 1. The van der Waals surface area contributed by atoms with Crippen LogP contribution >= 0.6 is 11.6 Å². The number of hydrazine groups is 1. The first kappa shape index (κ1) is 11.6. The van der Waals surface area contributed by atoms with Gasteiger partial charge in [0.05, 0.1) is 11.6 Å². The zero-order valence-electron chi connectivity index (χ0n) is 9.64. The maximum absolute atomic E-state index is 5.87. The van der Waals surface area contributed by atoms with E-state index in [0.717, 1.165) is 31.3 Å². The molecule has 1 saturated heterocycles. The summed E-state index contributed by atoms with van der Waals surface area (Å²) in [5.74, 6) is 5.87. The highest BCUT2D eigenvalue weighted by atomic mass is 35.5. The summed E-state index contributed by atoms with van der Waals surface area (Å²) in [6.45, 7) is 0.743. The van der Waals surface area contributed by atoms with Crippen LogP contribution in [-0.2, 0) is 4.74 Å². The SMILES string of the molecule is NNc1nc(Cl)nc2c1cnn2C1CCCCO1. The Balaban J connectivity index is 2.10. The van der Waals surface area contributed by atoms with Crippen molar-refractivity contribution in [1.29, 1.82) is 0 Å². The fraction of sp³-hybridized carbons (Fsp3) is 0.500. The molecule has 0 amide bonds. The van der Waals surface area contributed by atoms with Gasteiger partial charge in [-0.05, 0) is 30.9 Å². The van der Waals surface area contributed by atoms with Crippen LogP contribution in [-0.4, -0.2) is 26.4 Å². The van der Waals surface area contributed by atoms with Crippen LogP contribution in [0.5, 0.6) is 0 Å². The van der Waals surface area contributed by atoms with Gasteiger partial charge in [-0.25, -0.2) is 10.5 Å². The van der Waals surface area contributed by atoms with Gasteiger partial charge in [0.1, 0.15) is 0 Å². The molecule has 0 aliphatic carbocycles. The van der Waals surface area contributed by atoms with Crippen LogP contribution in [0.3, 0.4) is 0 Å². The largest absolute Gasteiger partial charge is 0.356 e. The first-order valence-corrected chi connectivity index (χ1v) is 6.16. The van der Waals surface area contributed by atoms with Crippen LogP contribution in [0.2, 0.25) is 5.28 Å². The summed E-state index contributed by atoms with van der Waals surface area (Å²) in [5.41, 5.74) is 3.13. The van der Waals surface area contributed by atoms with E-state index >= 15 is 0 Å². The van der Waals surface area contributed by atoms with E-state index in [-0.39, 0.29) is 11.5 Å². The zero-order valence-corrected chi connectivity index (χ0v) is 10.4. The molecule has 3 rings (SSSR count). The fourth-order valence-electron chi connectivity index (χ4n) is 2.14. The number of hydrogen-bond acceptors (Lipinski definition) is 6. The Bertz CT molecular complexity index is 565. The maximum Gasteiger partial charge on any atom is 0.226 e. The molecule has 0 saturated carbocycles. The quantitative estimate of drug-likeness (QED) is 0.487. The maximum atomic E-state index is 5.87. The van der Waals surface area contributed by atoms with Crippen molar-refractivity contribution in [3.05, 3.63) is 11.5 Å². The summed E-state index contributed by atoms with van der Waals surface area (Å²) >= 11 is 5.87. The number of ether oxygens (including phenoxy) is 1. The van der Waals surface area contributed by atoms with Crippen LogP contribution < -0.4 is 11.3 Å². The normalized spacial score (nSPS) is 20.2. The second-order valence-corrected chi connectivity index (χ2v) is 4.47. The van der Waals surface area contributed by atoms with E-state index in [2.05, 4.69) is 20.5 Å². The number of nitrogens with zero attached hydrogens (tertiary/aromatic N) is 4. The monoisotopic (exact) mass is 268 g/mol. The van der Waals surface area contributed by atoms with E-state index in [1.54, 1.807) is 10.9 Å². The standard InChI is InChI=1S/C10H13ClN6O/c11-10-14-8(16-12)6-5-13-17(9(6)15-10)7-3-1-2-4-18-7/h5,7H,1-4,12H2,(H,14,15,16). The van der Waals surface area contributed by atoms with Gasteiger partial charge in [-0.3, -0.25) is 0 Å². The van der Waals surface area contributed by atoms with Gasteiger partial charge in [-0.2, -0.15) is 15.1 Å². The zero-order chi connectivity index (χ0) is 12.5. The first-order valence-electron chi connectivity index (χ1n) is 5.78. The summed E-state index contributed by atoms with van der Waals surface area (Å²) in [6.07, 6.45) is 4.70. The van der Waals surface area contributed by atoms with E-state index in [4.69, 9.17) is 22.2 Å². The number of anilines is 1. The van der Waals surface area contributed by atoms with Crippen LogP contribution in [0.1, 0.15) is 25.5 Å². The van der Waals surface area contributed by atoms with E-state index in [0.29, 0.717) is 11.5 Å². The molecule has 3 N–H and O–H groups in total. The molecule has 1 atom stereocenters. The summed E-state index contributed by atoms with van der Waals surface area (Å²) in [7, 11) is 0. The number of nitrogens with two attached hydrogens (primary N) is 1. The Morgan fingerprint density at radius 3 is 3.06 bits per heavy atom. The number of rotatable bonds is 2. The Labute approximate surface area is 108 Å². The smallest absolute Gasteiger partial charge is 0.226 e. The lowest BCUT2D eigenvalue weighted by Crippen LogP contribution is -2.19. The number of nitrogen functional groups attached to an aromatic ring is 1. The van der Waals surface area contributed by atoms with Gasteiger partial charge in [0.25, 0.3) is 0 Å². The molecule has 2 aromatic heterocycles. The Morgan fingerprint density at radius 1 is 1.44 bits per heavy atom. The van der Waals surface area contributed by atoms with Crippen LogP contribution in [0, 0.1) is 0 Å². The summed E-state index contributed by atoms with van der Waals surface area (Å²) in [5, 5.41) is 5.17. The minimum absolute atomic E-state index is 0.0900. The molecule has 0 spiro atoms. The second kappa shape index (κ2) is 4.68. The predicted octanol–water partition coefficient (Wildman–Crippen LogP) is 1.46. The molecular weight excluding hydrogens is 256 g/mol. The van der Waals surface area contributed by atoms with E-state index < -0.39 is 0 Å². The summed E-state index contributed by atoms with van der Waals surface area (Å²) in [6, 6.07) is 0.